The molecule has 2 aliphatic heterocycles. The minimum absolute atomic E-state index is 0.00588. The standard InChI is InChI=1S/C16H12N4O5/c21-13-5-6-14(22)20(13)25-16(23)12-8-18-15-9-2-1-7-17-10(9)3-4-11(15)19(12)24/h1-4,7-8,18,24H,5-6H2. The maximum absolute atomic E-state index is 12.2. The van der Waals surface area contributed by atoms with Crippen molar-refractivity contribution in [1.82, 2.24) is 10.0 Å². The molecule has 2 amide bonds. The summed E-state index contributed by atoms with van der Waals surface area (Å²) in [6.45, 7) is 0. The van der Waals surface area contributed by atoms with Gasteiger partial charge in [-0.05, 0) is 24.3 Å². The first-order chi connectivity index (χ1) is 12.1. The number of benzene rings is 1. The van der Waals surface area contributed by atoms with Gasteiger partial charge in [-0.25, -0.2) is 9.86 Å². The topological polar surface area (TPSA) is 112 Å². The van der Waals surface area contributed by atoms with E-state index in [0.29, 0.717) is 21.5 Å². The van der Waals surface area contributed by atoms with Crippen LogP contribution in [0.1, 0.15) is 12.8 Å². The van der Waals surface area contributed by atoms with E-state index in [1.807, 2.05) is 6.07 Å². The van der Waals surface area contributed by atoms with Crippen LogP contribution < -0.4 is 10.4 Å². The molecule has 0 unspecified atom stereocenters. The number of anilines is 2. The lowest BCUT2D eigenvalue weighted by Crippen LogP contribution is -2.37. The smallest absolute Gasteiger partial charge is 0.357 e. The molecule has 0 spiro atoms. The average molecular weight is 340 g/mol. The Morgan fingerprint density at radius 3 is 2.72 bits per heavy atom. The van der Waals surface area contributed by atoms with Crippen molar-refractivity contribution in [2.75, 3.05) is 10.4 Å². The van der Waals surface area contributed by atoms with Gasteiger partial charge in [-0.15, -0.1) is 5.06 Å². The highest BCUT2D eigenvalue weighted by atomic mass is 16.7. The van der Waals surface area contributed by atoms with Gasteiger partial charge in [0.05, 0.1) is 16.9 Å². The van der Waals surface area contributed by atoms with Gasteiger partial charge in [0.15, 0.2) is 5.70 Å². The summed E-state index contributed by atoms with van der Waals surface area (Å²) >= 11 is 0. The normalized spacial score (nSPS) is 16.6. The van der Waals surface area contributed by atoms with Crippen LogP contribution >= 0.6 is 0 Å². The summed E-state index contributed by atoms with van der Waals surface area (Å²) in [6.07, 6.45) is 2.88. The molecule has 1 aromatic heterocycles. The molecule has 1 aromatic carbocycles. The molecule has 2 aromatic rings. The quantitative estimate of drug-likeness (QED) is 0.787. The number of nitrogens with one attached hydrogen (secondary N) is 1. The Hall–Kier alpha value is -3.46. The van der Waals surface area contributed by atoms with Crippen LogP contribution in [-0.2, 0) is 19.2 Å². The molecule has 4 rings (SSSR count). The highest BCUT2D eigenvalue weighted by Gasteiger charge is 2.35. The first kappa shape index (κ1) is 15.1. The van der Waals surface area contributed by atoms with E-state index in [-0.39, 0.29) is 18.5 Å². The second-order valence-corrected chi connectivity index (χ2v) is 5.48. The molecule has 0 saturated carbocycles. The van der Waals surface area contributed by atoms with Crippen LogP contribution in [0.4, 0.5) is 11.4 Å². The Morgan fingerprint density at radius 2 is 1.96 bits per heavy atom. The van der Waals surface area contributed by atoms with Gasteiger partial charge in [-0.3, -0.25) is 19.8 Å². The lowest BCUT2D eigenvalue weighted by atomic mass is 10.1. The summed E-state index contributed by atoms with van der Waals surface area (Å²) < 4.78 is 0. The highest BCUT2D eigenvalue weighted by molar-refractivity contribution is 6.06. The Kier molecular flexibility index (Phi) is 3.36. The third kappa shape index (κ3) is 2.37. The monoisotopic (exact) mass is 340 g/mol. The maximum atomic E-state index is 12.2. The van der Waals surface area contributed by atoms with Crippen LogP contribution in [0.5, 0.6) is 0 Å². The summed E-state index contributed by atoms with van der Waals surface area (Å²) in [4.78, 5) is 44.4. The molecule has 25 heavy (non-hydrogen) atoms. The molecule has 3 heterocycles. The molecule has 0 radical (unpaired) electrons. The molecule has 1 fully saturated rings. The first-order valence-corrected chi connectivity index (χ1v) is 7.48. The number of fused-ring (bicyclic) bond motifs is 3. The summed E-state index contributed by atoms with van der Waals surface area (Å²) in [5.41, 5.74) is 1.34. The van der Waals surface area contributed by atoms with Crippen LogP contribution in [0.2, 0.25) is 0 Å². The molecular formula is C16H12N4O5. The molecule has 2 N–H and O–H groups in total. The number of hydrogen-bond donors (Lipinski definition) is 2. The zero-order valence-electron chi connectivity index (χ0n) is 12.8. The minimum atomic E-state index is -1.03. The fourth-order valence-corrected chi connectivity index (χ4v) is 2.73. The van der Waals surface area contributed by atoms with E-state index < -0.39 is 17.8 Å². The lowest BCUT2D eigenvalue weighted by Gasteiger charge is -2.27. The molecule has 9 heteroatoms. The summed E-state index contributed by atoms with van der Waals surface area (Å²) in [5.74, 6) is -2.22. The Bertz CT molecular complexity index is 939. The minimum Gasteiger partial charge on any atom is -0.357 e. The van der Waals surface area contributed by atoms with Crippen molar-refractivity contribution in [2.24, 2.45) is 0 Å². The third-order valence-electron chi connectivity index (χ3n) is 3.96. The second kappa shape index (κ2) is 5.56. The predicted octanol–water partition coefficient (Wildman–Crippen LogP) is 1.30. The van der Waals surface area contributed by atoms with Crippen molar-refractivity contribution in [3.05, 3.63) is 42.4 Å². The SMILES string of the molecule is O=C(ON1C(=O)CCC1=O)C1=CNc2c(ccc3ncccc23)N1O. The van der Waals surface area contributed by atoms with Crippen molar-refractivity contribution in [2.45, 2.75) is 12.8 Å². The molecule has 9 nitrogen and oxygen atoms in total. The van der Waals surface area contributed by atoms with Gasteiger partial charge >= 0.3 is 5.97 Å². The Balaban J connectivity index is 1.63. The summed E-state index contributed by atoms with van der Waals surface area (Å²) in [6, 6.07) is 6.86. The number of rotatable bonds is 2. The van der Waals surface area contributed by atoms with E-state index in [9.17, 15) is 19.6 Å². The van der Waals surface area contributed by atoms with Gasteiger partial charge < -0.3 is 10.2 Å². The van der Waals surface area contributed by atoms with Crippen molar-refractivity contribution in [1.29, 1.82) is 0 Å². The Labute approximate surface area is 141 Å². The van der Waals surface area contributed by atoms with Crippen LogP contribution in [-0.4, -0.2) is 33.0 Å². The summed E-state index contributed by atoms with van der Waals surface area (Å²) in [5, 5.41) is 15.1. The fourth-order valence-electron chi connectivity index (χ4n) is 2.73. The van der Waals surface area contributed by atoms with Crippen molar-refractivity contribution in [3.63, 3.8) is 0 Å². The molecule has 2 aliphatic rings. The highest BCUT2D eigenvalue weighted by Crippen LogP contribution is 2.37. The number of pyridine rings is 1. The third-order valence-corrected chi connectivity index (χ3v) is 3.96. The lowest BCUT2D eigenvalue weighted by molar-refractivity contribution is -0.194. The van der Waals surface area contributed by atoms with Crippen LogP contribution in [0.15, 0.2) is 42.4 Å². The average Bonchev–Trinajstić information content (AvgIpc) is 2.93. The number of amides is 2. The van der Waals surface area contributed by atoms with Gasteiger partial charge in [0.25, 0.3) is 11.8 Å². The van der Waals surface area contributed by atoms with E-state index in [2.05, 4.69) is 10.3 Å². The molecule has 1 saturated heterocycles. The van der Waals surface area contributed by atoms with E-state index in [1.165, 1.54) is 6.20 Å². The number of imide groups is 1. The van der Waals surface area contributed by atoms with Crippen LogP contribution in [0.3, 0.4) is 0 Å². The van der Waals surface area contributed by atoms with Crippen molar-refractivity contribution >= 4 is 40.1 Å². The maximum Gasteiger partial charge on any atom is 0.384 e. The van der Waals surface area contributed by atoms with E-state index >= 15 is 0 Å². The first-order valence-electron chi connectivity index (χ1n) is 7.48. The number of nitrogens with zero attached hydrogens (tertiary/aromatic N) is 3. The largest absolute Gasteiger partial charge is 0.384 e. The van der Waals surface area contributed by atoms with Crippen molar-refractivity contribution < 1.29 is 24.4 Å². The van der Waals surface area contributed by atoms with E-state index in [1.54, 1.807) is 24.4 Å². The molecule has 0 atom stereocenters. The molecule has 126 valence electrons. The fraction of sp³-hybridized carbons (Fsp3) is 0.125. The van der Waals surface area contributed by atoms with Crippen LogP contribution in [0.25, 0.3) is 10.9 Å². The molecule has 0 bridgehead atoms. The van der Waals surface area contributed by atoms with Gasteiger partial charge in [-0.1, -0.05) is 0 Å². The predicted molar refractivity (Wildman–Crippen MR) is 84.9 cm³/mol. The number of aromatic nitrogens is 1. The molecule has 0 aliphatic carbocycles. The Morgan fingerprint density at radius 1 is 1.20 bits per heavy atom. The van der Waals surface area contributed by atoms with Gasteiger partial charge in [-0.2, -0.15) is 0 Å². The number of carbonyl (C=O) groups excluding carboxylic acids is 3. The van der Waals surface area contributed by atoms with Crippen LogP contribution in [0, 0.1) is 0 Å². The van der Waals surface area contributed by atoms with Gasteiger partial charge in [0.2, 0.25) is 0 Å². The van der Waals surface area contributed by atoms with Gasteiger partial charge in [0, 0.05) is 30.6 Å². The van der Waals surface area contributed by atoms with Crippen molar-refractivity contribution in [3.8, 4) is 0 Å². The van der Waals surface area contributed by atoms with E-state index in [4.69, 9.17) is 4.84 Å². The second-order valence-electron chi connectivity index (χ2n) is 5.48. The molecular weight excluding hydrogens is 328 g/mol. The zero-order valence-corrected chi connectivity index (χ0v) is 12.8. The van der Waals surface area contributed by atoms with Gasteiger partial charge in [0.1, 0.15) is 0 Å². The summed E-state index contributed by atoms with van der Waals surface area (Å²) in [7, 11) is 0. The van der Waals surface area contributed by atoms with E-state index in [0.717, 1.165) is 10.9 Å². The number of carbonyl (C=O) groups is 3. The zero-order chi connectivity index (χ0) is 17.6. The number of hydroxylamine groups is 3. The number of hydrogen-bond acceptors (Lipinski definition) is 8.